The average Bonchev–Trinajstić information content (AvgIpc) is 3.50. The van der Waals surface area contributed by atoms with Crippen LogP contribution in [0.1, 0.15) is 64.5 Å². The van der Waals surface area contributed by atoms with Gasteiger partial charge in [-0.15, -0.1) is 0 Å². The van der Waals surface area contributed by atoms with Crippen molar-refractivity contribution in [2.45, 2.75) is 78.4 Å². The molecule has 1 aliphatic rings. The zero-order chi connectivity index (χ0) is 43.6. The van der Waals surface area contributed by atoms with Crippen molar-refractivity contribution in [2.75, 3.05) is 44.8 Å². The van der Waals surface area contributed by atoms with Crippen LogP contribution in [0.4, 0.5) is 18.9 Å². The van der Waals surface area contributed by atoms with Gasteiger partial charge in [0.2, 0.25) is 0 Å². The number of hydrogen-bond acceptors (Lipinski definition) is 5. The number of alkyl halides is 3. The maximum absolute atomic E-state index is 14.9. The lowest BCUT2D eigenvalue weighted by Crippen LogP contribution is -2.67. The van der Waals surface area contributed by atoms with E-state index in [0.717, 1.165) is 53.8 Å². The molecule has 4 aromatic carbocycles. The third-order valence-electron chi connectivity index (χ3n) is 12.1. The van der Waals surface area contributed by atoms with E-state index in [1.165, 1.54) is 20.5 Å². The second-order valence-corrected chi connectivity index (χ2v) is 23.5. The molecule has 1 saturated heterocycles. The summed E-state index contributed by atoms with van der Waals surface area (Å²) < 4.78 is 60.2. The standard InChI is InChI=1S/C50H58BrF3N4O2Si/c1-36(59-7)46-43(30-39(32-55-46)57-27-25-56(26-28-57)33-37-17-11-8-12-18-37)47-44(42-29-38(51)23-24-45(42)58(47)34-50(52,53)54)31-49(5,6)35-60-61(48(2,3)4,40-19-13-9-14-20-40)41-21-15-10-16-22-41/h8-24,29-30,32,36H,25-28,31,33-35H2,1-7H3/t36-/m0/s1. The summed E-state index contributed by atoms with van der Waals surface area (Å²) in [5.74, 6) is 0. The van der Waals surface area contributed by atoms with Gasteiger partial charge < -0.3 is 18.6 Å². The Labute approximate surface area is 369 Å². The van der Waals surface area contributed by atoms with Crippen LogP contribution < -0.4 is 15.3 Å². The van der Waals surface area contributed by atoms with Gasteiger partial charge in [-0.25, -0.2) is 0 Å². The minimum atomic E-state index is -4.49. The van der Waals surface area contributed by atoms with E-state index < -0.39 is 32.6 Å². The van der Waals surface area contributed by atoms with Crippen molar-refractivity contribution in [1.82, 2.24) is 14.5 Å². The fourth-order valence-corrected chi connectivity index (χ4v) is 14.2. The predicted octanol–water partition coefficient (Wildman–Crippen LogP) is 11.2. The number of hydrogen-bond donors (Lipinski definition) is 0. The normalized spacial score (nSPS) is 15.1. The number of halogens is 4. The van der Waals surface area contributed by atoms with Crippen LogP contribution in [0.2, 0.25) is 5.04 Å². The maximum atomic E-state index is 14.9. The maximum Gasteiger partial charge on any atom is 0.406 e. The molecule has 1 aliphatic heterocycles. The van der Waals surface area contributed by atoms with Crippen molar-refractivity contribution >= 4 is 51.2 Å². The van der Waals surface area contributed by atoms with Crippen LogP contribution in [-0.4, -0.2) is 68.8 Å². The Kier molecular flexibility index (Phi) is 13.4. The first kappa shape index (κ1) is 44.8. The van der Waals surface area contributed by atoms with E-state index in [1.807, 2.05) is 43.5 Å². The Morgan fingerprint density at radius 3 is 1.93 bits per heavy atom. The molecular formula is C50H58BrF3N4O2Si. The highest BCUT2D eigenvalue weighted by Gasteiger charge is 2.51. The molecule has 11 heteroatoms. The van der Waals surface area contributed by atoms with E-state index >= 15 is 0 Å². The van der Waals surface area contributed by atoms with Crippen LogP contribution in [-0.2, 0) is 28.7 Å². The van der Waals surface area contributed by atoms with E-state index in [9.17, 15) is 13.2 Å². The van der Waals surface area contributed by atoms with E-state index in [-0.39, 0.29) is 5.04 Å². The number of pyridine rings is 1. The summed E-state index contributed by atoms with van der Waals surface area (Å²) in [5.41, 5.74) is 4.74. The minimum absolute atomic E-state index is 0.241. The quantitative estimate of drug-likeness (QED) is 0.102. The molecule has 0 unspecified atom stereocenters. The van der Waals surface area contributed by atoms with E-state index in [2.05, 4.69) is 139 Å². The van der Waals surface area contributed by atoms with Gasteiger partial charge in [0.1, 0.15) is 6.54 Å². The van der Waals surface area contributed by atoms with Gasteiger partial charge in [0, 0.05) is 67.4 Å². The Morgan fingerprint density at radius 1 is 0.787 bits per heavy atom. The van der Waals surface area contributed by atoms with Crippen LogP contribution in [0.15, 0.2) is 126 Å². The third kappa shape index (κ3) is 9.86. The van der Waals surface area contributed by atoms with Gasteiger partial charge in [0.15, 0.2) is 0 Å². The minimum Gasteiger partial charge on any atom is -0.407 e. The summed E-state index contributed by atoms with van der Waals surface area (Å²) in [7, 11) is -1.31. The molecule has 0 amide bonds. The highest BCUT2D eigenvalue weighted by Crippen LogP contribution is 2.44. The van der Waals surface area contributed by atoms with Crippen LogP contribution >= 0.6 is 15.9 Å². The van der Waals surface area contributed by atoms with Gasteiger partial charge in [-0.1, -0.05) is 142 Å². The summed E-state index contributed by atoms with van der Waals surface area (Å²) in [6, 6.07) is 39.2. The highest BCUT2D eigenvalue weighted by molar-refractivity contribution is 9.10. The molecule has 61 heavy (non-hydrogen) atoms. The summed E-state index contributed by atoms with van der Waals surface area (Å²) in [6.07, 6.45) is -2.66. The van der Waals surface area contributed by atoms with Crippen LogP contribution in [0.25, 0.3) is 22.2 Å². The molecule has 0 aliphatic carbocycles. The number of nitrogens with zero attached hydrogens (tertiary/aromatic N) is 4. The molecule has 0 spiro atoms. The number of benzene rings is 4. The first-order valence-electron chi connectivity index (χ1n) is 21.2. The van der Waals surface area contributed by atoms with Crippen LogP contribution in [0.5, 0.6) is 0 Å². The largest absolute Gasteiger partial charge is 0.407 e. The molecule has 1 fully saturated rings. The van der Waals surface area contributed by atoms with Gasteiger partial charge in [-0.2, -0.15) is 13.2 Å². The zero-order valence-corrected chi connectivity index (χ0v) is 39.0. The lowest BCUT2D eigenvalue weighted by Gasteiger charge is -2.44. The molecule has 3 heterocycles. The van der Waals surface area contributed by atoms with E-state index in [1.54, 1.807) is 13.2 Å². The van der Waals surface area contributed by atoms with Crippen molar-refractivity contribution in [3.8, 4) is 11.3 Å². The molecule has 0 bridgehead atoms. The topological polar surface area (TPSA) is 42.8 Å². The Balaban J connectivity index is 1.33. The van der Waals surface area contributed by atoms with Crippen LogP contribution in [0, 0.1) is 5.41 Å². The first-order chi connectivity index (χ1) is 29.0. The summed E-state index contributed by atoms with van der Waals surface area (Å²) >= 11 is 3.67. The smallest absolute Gasteiger partial charge is 0.406 e. The molecule has 2 aromatic heterocycles. The number of piperazine rings is 1. The number of rotatable bonds is 14. The molecular weight excluding hydrogens is 854 g/mol. The Bertz CT molecular complexity index is 2350. The molecule has 0 saturated carbocycles. The zero-order valence-electron chi connectivity index (χ0n) is 36.4. The Morgan fingerprint density at radius 2 is 1.38 bits per heavy atom. The molecule has 7 rings (SSSR count). The van der Waals surface area contributed by atoms with E-state index in [0.29, 0.717) is 35.5 Å². The molecule has 1 atom stereocenters. The second-order valence-electron chi connectivity index (χ2n) is 18.2. The van der Waals surface area contributed by atoms with Gasteiger partial charge in [0.05, 0.1) is 29.4 Å². The van der Waals surface area contributed by atoms with Gasteiger partial charge >= 0.3 is 6.18 Å². The number of anilines is 1. The lowest BCUT2D eigenvalue weighted by atomic mass is 9.84. The highest BCUT2D eigenvalue weighted by atomic mass is 79.9. The Hall–Kier alpha value is -4.26. The number of aromatic nitrogens is 2. The molecule has 0 radical (unpaired) electrons. The summed E-state index contributed by atoms with van der Waals surface area (Å²) in [6.45, 7) is 16.4. The lowest BCUT2D eigenvalue weighted by molar-refractivity contribution is -0.139. The molecule has 6 aromatic rings. The average molecular weight is 912 g/mol. The summed E-state index contributed by atoms with van der Waals surface area (Å²) in [4.78, 5) is 9.75. The second kappa shape index (κ2) is 18.2. The molecule has 322 valence electrons. The number of methoxy groups -OCH3 is 1. The van der Waals surface area contributed by atoms with Crippen LogP contribution in [0.3, 0.4) is 0 Å². The van der Waals surface area contributed by atoms with Crippen molar-refractivity contribution in [1.29, 1.82) is 0 Å². The fraction of sp³-hybridized carbons (Fsp3) is 0.380. The molecule has 0 N–H and O–H groups in total. The predicted molar refractivity (Wildman–Crippen MR) is 249 cm³/mol. The van der Waals surface area contributed by atoms with Gasteiger partial charge in [0.25, 0.3) is 8.32 Å². The van der Waals surface area contributed by atoms with Gasteiger partial charge in [-0.05, 0) is 69.6 Å². The first-order valence-corrected chi connectivity index (χ1v) is 23.9. The fourth-order valence-electron chi connectivity index (χ4n) is 9.09. The van der Waals surface area contributed by atoms with Crippen molar-refractivity contribution < 1.29 is 22.3 Å². The molecule has 6 nitrogen and oxygen atoms in total. The SMILES string of the molecule is CO[C@@H](C)c1ncc(N2CCN(Cc3ccccc3)CC2)cc1-c1c(CC(C)(C)CO[Si](c2ccccc2)(c2ccccc2)C(C)(C)C)c2cc(Br)ccc2n1CC(F)(F)F. The number of fused-ring (bicyclic) bond motifs is 1. The van der Waals surface area contributed by atoms with Gasteiger partial charge in [-0.3, -0.25) is 9.88 Å². The van der Waals surface area contributed by atoms with Crippen molar-refractivity contribution in [2.24, 2.45) is 5.41 Å². The monoisotopic (exact) mass is 910 g/mol. The third-order valence-corrected chi connectivity index (χ3v) is 17.6. The number of ether oxygens (including phenoxy) is 1. The van der Waals surface area contributed by atoms with Crippen molar-refractivity contribution in [3.05, 3.63) is 143 Å². The van der Waals surface area contributed by atoms with Crippen molar-refractivity contribution in [3.63, 3.8) is 0 Å². The summed E-state index contributed by atoms with van der Waals surface area (Å²) in [5, 5.41) is 2.88. The van der Waals surface area contributed by atoms with E-state index in [4.69, 9.17) is 14.1 Å².